The van der Waals surface area contributed by atoms with Crippen molar-refractivity contribution in [3.8, 4) is 0 Å². The first-order chi connectivity index (χ1) is 10.6. The second-order valence-electron chi connectivity index (χ2n) is 7.88. The van der Waals surface area contributed by atoms with Gasteiger partial charge in [-0.25, -0.2) is 0 Å². The number of rotatable bonds is 4. The van der Waals surface area contributed by atoms with Crippen molar-refractivity contribution in [2.24, 2.45) is 5.73 Å². The van der Waals surface area contributed by atoms with Crippen LogP contribution in [0.5, 0.6) is 0 Å². The Bertz CT molecular complexity index is 384. The lowest BCUT2D eigenvalue weighted by Crippen LogP contribution is -2.61. The number of piperidine rings is 1. The maximum absolute atomic E-state index is 12.6. The molecule has 3 N–H and O–H groups in total. The van der Waals surface area contributed by atoms with Crippen LogP contribution in [-0.2, 0) is 4.79 Å². The molecule has 3 rings (SSSR count). The van der Waals surface area contributed by atoms with E-state index in [0.717, 1.165) is 32.2 Å². The van der Waals surface area contributed by atoms with Gasteiger partial charge in [0, 0.05) is 12.1 Å². The molecule has 0 spiro atoms. The molecule has 1 heterocycles. The lowest BCUT2D eigenvalue weighted by Gasteiger charge is -2.48. The summed E-state index contributed by atoms with van der Waals surface area (Å²) in [5, 5.41) is 3.27. The van der Waals surface area contributed by atoms with E-state index in [1.54, 1.807) is 0 Å². The third kappa shape index (κ3) is 4.21. The Morgan fingerprint density at radius 2 is 1.39 bits per heavy atom. The molecular weight excluding hydrogens is 310 g/mol. The minimum Gasteiger partial charge on any atom is -0.353 e. The SMILES string of the molecule is Cl.NC1(C(=O)NCC2(N3CCCCC3)CCCCC2)CCCC1. The predicted molar refractivity (Wildman–Crippen MR) is 96.9 cm³/mol. The van der Waals surface area contributed by atoms with Gasteiger partial charge in [0.15, 0.2) is 0 Å². The zero-order valence-electron chi connectivity index (χ0n) is 14.4. The molecule has 0 bridgehead atoms. The van der Waals surface area contributed by atoms with Crippen molar-refractivity contribution in [2.45, 2.75) is 88.1 Å². The third-order valence-corrected chi connectivity index (χ3v) is 6.34. The first-order valence-electron chi connectivity index (χ1n) is 9.47. The van der Waals surface area contributed by atoms with Crippen LogP contribution in [0.2, 0.25) is 0 Å². The predicted octanol–water partition coefficient (Wildman–Crippen LogP) is 2.98. The molecular formula is C18H34ClN3O. The highest BCUT2D eigenvalue weighted by molar-refractivity contribution is 5.86. The van der Waals surface area contributed by atoms with Gasteiger partial charge in [-0.05, 0) is 51.6 Å². The number of amides is 1. The summed E-state index contributed by atoms with van der Waals surface area (Å²) in [4.78, 5) is 15.3. The first-order valence-corrected chi connectivity index (χ1v) is 9.47. The fraction of sp³-hybridized carbons (Fsp3) is 0.944. The fourth-order valence-electron chi connectivity index (χ4n) is 4.84. The maximum Gasteiger partial charge on any atom is 0.240 e. The Hall–Kier alpha value is -0.320. The van der Waals surface area contributed by atoms with Gasteiger partial charge in [0.05, 0.1) is 5.54 Å². The van der Waals surface area contributed by atoms with E-state index < -0.39 is 5.54 Å². The molecule has 3 aliphatic rings. The second kappa shape index (κ2) is 8.17. The zero-order valence-corrected chi connectivity index (χ0v) is 15.3. The number of hydrogen-bond donors (Lipinski definition) is 2. The molecule has 1 aliphatic heterocycles. The number of halogens is 1. The van der Waals surface area contributed by atoms with Crippen molar-refractivity contribution in [3.63, 3.8) is 0 Å². The van der Waals surface area contributed by atoms with Crippen LogP contribution in [0, 0.1) is 0 Å². The number of nitrogens with one attached hydrogen (secondary N) is 1. The van der Waals surface area contributed by atoms with Gasteiger partial charge in [-0.1, -0.05) is 38.5 Å². The van der Waals surface area contributed by atoms with E-state index in [9.17, 15) is 4.79 Å². The highest BCUT2D eigenvalue weighted by Crippen LogP contribution is 2.35. The number of carbonyl (C=O) groups excluding carboxylic acids is 1. The van der Waals surface area contributed by atoms with Crippen LogP contribution in [-0.4, -0.2) is 41.5 Å². The Labute approximate surface area is 147 Å². The van der Waals surface area contributed by atoms with Crippen molar-refractivity contribution in [2.75, 3.05) is 19.6 Å². The van der Waals surface area contributed by atoms with Crippen molar-refractivity contribution in [1.82, 2.24) is 10.2 Å². The molecule has 0 atom stereocenters. The van der Waals surface area contributed by atoms with Crippen molar-refractivity contribution in [1.29, 1.82) is 0 Å². The lowest BCUT2D eigenvalue weighted by atomic mass is 9.79. The van der Waals surface area contributed by atoms with Crippen LogP contribution in [0.3, 0.4) is 0 Å². The van der Waals surface area contributed by atoms with Gasteiger partial charge in [0.1, 0.15) is 0 Å². The van der Waals surface area contributed by atoms with E-state index in [1.807, 2.05) is 0 Å². The van der Waals surface area contributed by atoms with E-state index in [2.05, 4.69) is 10.2 Å². The molecule has 5 heteroatoms. The van der Waals surface area contributed by atoms with E-state index in [1.165, 1.54) is 64.5 Å². The first kappa shape index (κ1) is 19.0. The summed E-state index contributed by atoms with van der Waals surface area (Å²) < 4.78 is 0. The Balaban J connectivity index is 0.00000192. The normalized spacial score (nSPS) is 27.2. The van der Waals surface area contributed by atoms with Crippen molar-refractivity contribution in [3.05, 3.63) is 0 Å². The molecule has 0 unspecified atom stereocenters. The number of likely N-dealkylation sites (tertiary alicyclic amines) is 1. The summed E-state index contributed by atoms with van der Waals surface area (Å²) in [6.45, 7) is 3.23. The summed E-state index contributed by atoms with van der Waals surface area (Å²) >= 11 is 0. The van der Waals surface area contributed by atoms with Gasteiger partial charge in [-0.15, -0.1) is 12.4 Å². The standard InChI is InChI=1S/C18H33N3O.ClH/c19-18(11-5-6-12-18)16(22)20-15-17(9-3-1-4-10-17)21-13-7-2-8-14-21;/h1-15,19H2,(H,20,22);1H. The van der Waals surface area contributed by atoms with Gasteiger partial charge in [-0.3, -0.25) is 9.69 Å². The Morgan fingerprint density at radius 1 is 0.870 bits per heavy atom. The number of hydrogen-bond acceptors (Lipinski definition) is 3. The van der Waals surface area contributed by atoms with Crippen LogP contribution in [0.1, 0.15) is 77.0 Å². The second-order valence-corrected chi connectivity index (χ2v) is 7.88. The molecule has 0 aromatic heterocycles. The number of nitrogens with zero attached hydrogens (tertiary/aromatic N) is 1. The van der Waals surface area contributed by atoms with E-state index in [-0.39, 0.29) is 23.9 Å². The largest absolute Gasteiger partial charge is 0.353 e. The topological polar surface area (TPSA) is 58.4 Å². The molecule has 4 nitrogen and oxygen atoms in total. The highest BCUT2D eigenvalue weighted by atomic mass is 35.5. The maximum atomic E-state index is 12.6. The van der Waals surface area contributed by atoms with Crippen LogP contribution in [0.15, 0.2) is 0 Å². The van der Waals surface area contributed by atoms with E-state index >= 15 is 0 Å². The van der Waals surface area contributed by atoms with Crippen LogP contribution >= 0.6 is 12.4 Å². The average molecular weight is 344 g/mol. The average Bonchev–Trinajstić information content (AvgIpc) is 3.02. The van der Waals surface area contributed by atoms with Gasteiger partial charge in [0.25, 0.3) is 0 Å². The minimum atomic E-state index is -0.586. The summed E-state index contributed by atoms with van der Waals surface area (Å²) in [5.41, 5.74) is 5.94. The summed E-state index contributed by atoms with van der Waals surface area (Å²) in [7, 11) is 0. The molecule has 0 aromatic carbocycles. The fourth-order valence-corrected chi connectivity index (χ4v) is 4.84. The smallest absolute Gasteiger partial charge is 0.240 e. The molecule has 2 aliphatic carbocycles. The summed E-state index contributed by atoms with van der Waals surface area (Å²) in [5.74, 6) is 0.104. The number of nitrogens with two attached hydrogens (primary N) is 1. The van der Waals surface area contributed by atoms with Crippen LogP contribution in [0.4, 0.5) is 0 Å². The quantitative estimate of drug-likeness (QED) is 0.825. The molecule has 23 heavy (non-hydrogen) atoms. The lowest BCUT2D eigenvalue weighted by molar-refractivity contribution is -0.127. The molecule has 134 valence electrons. The van der Waals surface area contributed by atoms with Crippen molar-refractivity contribution < 1.29 is 4.79 Å². The Morgan fingerprint density at radius 3 is 2.00 bits per heavy atom. The molecule has 2 saturated carbocycles. The van der Waals surface area contributed by atoms with Gasteiger partial charge < -0.3 is 11.1 Å². The Kier molecular flexibility index (Phi) is 6.76. The molecule has 0 radical (unpaired) electrons. The zero-order chi connectivity index (χ0) is 15.5. The minimum absolute atomic E-state index is 0. The van der Waals surface area contributed by atoms with E-state index in [0.29, 0.717) is 0 Å². The summed E-state index contributed by atoms with van der Waals surface area (Å²) in [6, 6.07) is 0. The van der Waals surface area contributed by atoms with Gasteiger partial charge in [-0.2, -0.15) is 0 Å². The van der Waals surface area contributed by atoms with Gasteiger partial charge >= 0.3 is 0 Å². The van der Waals surface area contributed by atoms with Crippen LogP contribution in [0.25, 0.3) is 0 Å². The monoisotopic (exact) mass is 343 g/mol. The third-order valence-electron chi connectivity index (χ3n) is 6.34. The highest BCUT2D eigenvalue weighted by Gasteiger charge is 2.41. The molecule has 1 amide bonds. The molecule has 3 fully saturated rings. The van der Waals surface area contributed by atoms with Crippen LogP contribution < -0.4 is 11.1 Å². The van der Waals surface area contributed by atoms with E-state index in [4.69, 9.17) is 5.73 Å². The number of carbonyl (C=O) groups is 1. The summed E-state index contributed by atoms with van der Waals surface area (Å²) in [6.07, 6.45) is 14.4. The van der Waals surface area contributed by atoms with Gasteiger partial charge in [0.2, 0.25) is 5.91 Å². The molecule has 1 saturated heterocycles. The van der Waals surface area contributed by atoms with Crippen molar-refractivity contribution >= 4 is 18.3 Å². The molecule has 0 aromatic rings.